The lowest BCUT2D eigenvalue weighted by Gasteiger charge is -2.31. The van der Waals surface area contributed by atoms with Crippen molar-refractivity contribution in [1.29, 1.82) is 0 Å². The van der Waals surface area contributed by atoms with Crippen molar-refractivity contribution in [3.8, 4) is 0 Å². The molecule has 1 unspecified atom stereocenters. The fourth-order valence-corrected chi connectivity index (χ4v) is 4.02. The van der Waals surface area contributed by atoms with Crippen LogP contribution in [0.5, 0.6) is 0 Å². The molecule has 2 rings (SSSR count). The van der Waals surface area contributed by atoms with E-state index >= 15 is 0 Å². The van der Waals surface area contributed by atoms with E-state index in [-0.39, 0.29) is 12.5 Å². The van der Waals surface area contributed by atoms with Crippen LogP contribution in [0.25, 0.3) is 0 Å². The number of amides is 2. The van der Waals surface area contributed by atoms with Gasteiger partial charge in [0.15, 0.2) is 0 Å². The van der Waals surface area contributed by atoms with Gasteiger partial charge in [0.25, 0.3) is 0 Å². The van der Waals surface area contributed by atoms with Gasteiger partial charge in [-0.25, -0.2) is 8.42 Å². The summed E-state index contributed by atoms with van der Waals surface area (Å²) >= 11 is 3.37. The van der Waals surface area contributed by atoms with E-state index in [4.69, 9.17) is 0 Å². The number of aryl methyl sites for hydroxylation is 1. The normalized spacial score (nSPS) is 12.2. The first-order valence-electron chi connectivity index (χ1n) is 9.33. The van der Waals surface area contributed by atoms with Crippen molar-refractivity contribution >= 4 is 43.5 Å². The number of nitrogens with zero attached hydrogens (tertiary/aromatic N) is 2. The van der Waals surface area contributed by atoms with E-state index in [1.54, 1.807) is 31.2 Å². The van der Waals surface area contributed by atoms with Crippen LogP contribution in [0.2, 0.25) is 0 Å². The number of rotatable bonds is 8. The summed E-state index contributed by atoms with van der Waals surface area (Å²) in [6.45, 7) is 3.28. The number of benzene rings is 2. The maximum absolute atomic E-state index is 13.2. The smallest absolute Gasteiger partial charge is 0.244 e. The van der Waals surface area contributed by atoms with Gasteiger partial charge >= 0.3 is 0 Å². The third-order valence-corrected chi connectivity index (χ3v) is 6.35. The van der Waals surface area contributed by atoms with E-state index in [1.165, 1.54) is 11.9 Å². The summed E-state index contributed by atoms with van der Waals surface area (Å²) in [6, 6.07) is 13.5. The second-order valence-corrected chi connectivity index (χ2v) is 9.87. The Balaban J connectivity index is 2.35. The number of nitrogens with one attached hydrogen (secondary N) is 1. The van der Waals surface area contributed by atoms with Crippen LogP contribution in [-0.4, -0.2) is 51.0 Å². The molecule has 0 fully saturated rings. The van der Waals surface area contributed by atoms with Crippen molar-refractivity contribution in [2.45, 2.75) is 26.4 Å². The van der Waals surface area contributed by atoms with Crippen LogP contribution in [0, 0.1) is 6.92 Å². The molecule has 1 N–H and O–H groups in total. The van der Waals surface area contributed by atoms with Crippen LogP contribution < -0.4 is 9.62 Å². The maximum atomic E-state index is 13.2. The number of hydrogen-bond acceptors (Lipinski definition) is 4. The lowest BCUT2D eigenvalue weighted by molar-refractivity contribution is -0.139. The second-order valence-electron chi connectivity index (χ2n) is 7.04. The molecular formula is C21H26BrN3O4S. The average molecular weight is 496 g/mol. The Hall–Kier alpha value is -2.39. The number of sulfonamides is 1. The highest BCUT2D eigenvalue weighted by Crippen LogP contribution is 2.20. The van der Waals surface area contributed by atoms with Crippen molar-refractivity contribution in [3.63, 3.8) is 0 Å². The Kier molecular flexibility index (Phi) is 8.03. The highest BCUT2D eigenvalue weighted by Gasteiger charge is 2.29. The lowest BCUT2D eigenvalue weighted by Crippen LogP contribution is -2.50. The molecule has 162 valence electrons. The molecular weight excluding hydrogens is 470 g/mol. The van der Waals surface area contributed by atoms with Crippen LogP contribution in [0.15, 0.2) is 53.0 Å². The molecule has 1 atom stereocenters. The highest BCUT2D eigenvalue weighted by atomic mass is 79.9. The summed E-state index contributed by atoms with van der Waals surface area (Å²) in [5, 5.41) is 2.54. The fourth-order valence-electron chi connectivity index (χ4n) is 2.90. The van der Waals surface area contributed by atoms with Gasteiger partial charge in [-0.2, -0.15) is 0 Å². The van der Waals surface area contributed by atoms with Crippen LogP contribution in [0.3, 0.4) is 0 Å². The van der Waals surface area contributed by atoms with E-state index in [9.17, 15) is 18.0 Å². The number of carbonyl (C=O) groups excluding carboxylic acids is 2. The Labute approximate surface area is 186 Å². The van der Waals surface area contributed by atoms with Crippen molar-refractivity contribution in [1.82, 2.24) is 10.2 Å². The van der Waals surface area contributed by atoms with Crippen molar-refractivity contribution in [2.75, 3.05) is 24.2 Å². The van der Waals surface area contributed by atoms with E-state index < -0.39 is 28.5 Å². The molecule has 0 aliphatic rings. The summed E-state index contributed by atoms with van der Waals surface area (Å²) in [5.74, 6) is -0.804. The van der Waals surface area contributed by atoms with Gasteiger partial charge in [-0.3, -0.25) is 13.9 Å². The standard InChI is InChI=1S/C21H26BrN3O4S/c1-15-5-11-19(12-6-15)25(30(4,28)29)14-20(26)24(16(2)21(27)23-3)13-17-7-9-18(22)10-8-17/h5-12,16H,13-14H2,1-4H3,(H,23,27). The fraction of sp³-hybridized carbons (Fsp3) is 0.333. The van der Waals surface area contributed by atoms with Gasteiger partial charge in [0.1, 0.15) is 12.6 Å². The number of carbonyl (C=O) groups is 2. The number of likely N-dealkylation sites (N-methyl/N-ethyl adjacent to an activating group) is 1. The molecule has 9 heteroatoms. The van der Waals surface area contributed by atoms with Gasteiger partial charge in [-0.1, -0.05) is 45.8 Å². The van der Waals surface area contributed by atoms with Gasteiger partial charge in [-0.05, 0) is 43.7 Å². The minimum atomic E-state index is -3.71. The van der Waals surface area contributed by atoms with Crippen LogP contribution in [0.4, 0.5) is 5.69 Å². The summed E-state index contributed by atoms with van der Waals surface area (Å²) < 4.78 is 26.8. The Morgan fingerprint density at radius 3 is 2.13 bits per heavy atom. The molecule has 2 amide bonds. The largest absolute Gasteiger partial charge is 0.357 e. The highest BCUT2D eigenvalue weighted by molar-refractivity contribution is 9.10. The SMILES string of the molecule is CNC(=O)C(C)N(Cc1ccc(Br)cc1)C(=O)CN(c1ccc(C)cc1)S(C)(=O)=O. The molecule has 0 aromatic heterocycles. The Morgan fingerprint density at radius 2 is 1.63 bits per heavy atom. The quantitative estimate of drug-likeness (QED) is 0.609. The molecule has 0 aliphatic heterocycles. The summed E-state index contributed by atoms with van der Waals surface area (Å²) in [6.07, 6.45) is 1.06. The monoisotopic (exact) mass is 495 g/mol. The molecule has 0 heterocycles. The van der Waals surface area contributed by atoms with Gasteiger partial charge in [0, 0.05) is 18.1 Å². The second kappa shape index (κ2) is 10.1. The molecule has 2 aromatic carbocycles. The zero-order valence-electron chi connectivity index (χ0n) is 17.4. The molecule has 7 nitrogen and oxygen atoms in total. The third kappa shape index (κ3) is 6.30. The Bertz CT molecular complexity index is 992. The predicted molar refractivity (Wildman–Crippen MR) is 122 cm³/mol. The van der Waals surface area contributed by atoms with Gasteiger partial charge in [0.05, 0.1) is 11.9 Å². The molecule has 0 spiro atoms. The van der Waals surface area contributed by atoms with Crippen LogP contribution >= 0.6 is 15.9 Å². The minimum absolute atomic E-state index is 0.173. The first-order chi connectivity index (χ1) is 14.0. The molecule has 30 heavy (non-hydrogen) atoms. The van der Waals surface area contributed by atoms with Crippen molar-refractivity contribution in [3.05, 3.63) is 64.1 Å². The first kappa shape index (κ1) is 23.9. The average Bonchev–Trinajstić information content (AvgIpc) is 2.70. The van der Waals surface area contributed by atoms with E-state index in [2.05, 4.69) is 21.2 Å². The van der Waals surface area contributed by atoms with Gasteiger partial charge in [0.2, 0.25) is 21.8 Å². The topological polar surface area (TPSA) is 86.8 Å². The van der Waals surface area contributed by atoms with E-state index in [0.717, 1.165) is 26.2 Å². The van der Waals surface area contributed by atoms with Crippen molar-refractivity contribution in [2.24, 2.45) is 0 Å². The maximum Gasteiger partial charge on any atom is 0.244 e. The minimum Gasteiger partial charge on any atom is -0.357 e. The molecule has 0 bridgehead atoms. The molecule has 0 saturated heterocycles. The van der Waals surface area contributed by atoms with E-state index in [1.807, 2.05) is 31.2 Å². The first-order valence-corrected chi connectivity index (χ1v) is 12.0. The number of anilines is 1. The van der Waals surface area contributed by atoms with Crippen LogP contribution in [-0.2, 0) is 26.2 Å². The third-order valence-electron chi connectivity index (χ3n) is 4.68. The predicted octanol–water partition coefficient (Wildman–Crippen LogP) is 2.69. The number of hydrogen-bond donors (Lipinski definition) is 1. The zero-order valence-corrected chi connectivity index (χ0v) is 19.8. The van der Waals surface area contributed by atoms with E-state index in [0.29, 0.717) is 5.69 Å². The lowest BCUT2D eigenvalue weighted by atomic mass is 10.1. The molecule has 0 saturated carbocycles. The number of halogens is 1. The van der Waals surface area contributed by atoms with Gasteiger partial charge in [-0.15, -0.1) is 0 Å². The van der Waals surface area contributed by atoms with Gasteiger partial charge < -0.3 is 10.2 Å². The zero-order chi connectivity index (χ0) is 22.5. The summed E-state index contributed by atoms with van der Waals surface area (Å²) in [7, 11) is -2.21. The Morgan fingerprint density at radius 1 is 1.07 bits per heavy atom. The van der Waals surface area contributed by atoms with Crippen LogP contribution in [0.1, 0.15) is 18.1 Å². The summed E-state index contributed by atoms with van der Waals surface area (Å²) in [4.78, 5) is 26.8. The molecule has 0 aliphatic carbocycles. The molecule has 0 radical (unpaired) electrons. The summed E-state index contributed by atoms with van der Waals surface area (Å²) in [5.41, 5.74) is 2.19. The molecule has 2 aromatic rings. The van der Waals surface area contributed by atoms with Crippen molar-refractivity contribution < 1.29 is 18.0 Å².